The summed E-state index contributed by atoms with van der Waals surface area (Å²) in [5.41, 5.74) is 0. The van der Waals surface area contributed by atoms with E-state index in [0.717, 1.165) is 25.8 Å². The molecule has 0 aliphatic carbocycles. The van der Waals surface area contributed by atoms with Gasteiger partial charge in [-0.2, -0.15) is 0 Å². The van der Waals surface area contributed by atoms with Gasteiger partial charge in [-0.15, -0.1) is 0 Å². The fourth-order valence-corrected chi connectivity index (χ4v) is 5.35. The van der Waals surface area contributed by atoms with Crippen molar-refractivity contribution in [1.29, 1.82) is 0 Å². The minimum Gasteiger partial charge on any atom is -0.481 e. The average Bonchev–Trinajstić information content (AvgIpc) is 2.85. The Hall–Kier alpha value is -0.570. The number of nitrogens with one attached hydrogen (secondary N) is 1. The van der Waals surface area contributed by atoms with Crippen molar-refractivity contribution in [1.82, 2.24) is 5.32 Å². The predicted molar refractivity (Wildman–Crippen MR) is 155 cm³/mol. The molecule has 2 N–H and O–H groups in total. The normalized spacial score (nSPS) is 12.5. The SMILES string of the molecule is CCCCCCCCNCCCCCCCCC(CC(CCCCCC)CCCCCC)C(=O)O. The molecule has 1 unspecified atom stereocenters. The monoisotopic (exact) mass is 496 g/mol. The van der Waals surface area contributed by atoms with Gasteiger partial charge in [0.2, 0.25) is 0 Å². The molecule has 210 valence electrons. The highest BCUT2D eigenvalue weighted by molar-refractivity contribution is 5.69. The zero-order chi connectivity index (χ0) is 25.8. The summed E-state index contributed by atoms with van der Waals surface area (Å²) in [6.45, 7) is 9.14. The molecule has 0 amide bonds. The maximum absolute atomic E-state index is 12.0. The number of carboxylic acid groups (broad SMARTS) is 1. The number of rotatable bonds is 29. The summed E-state index contributed by atoms with van der Waals surface area (Å²) >= 11 is 0. The third-order valence-corrected chi connectivity index (χ3v) is 7.76. The first kappa shape index (κ1) is 34.4. The molecule has 0 aromatic carbocycles. The van der Waals surface area contributed by atoms with E-state index in [-0.39, 0.29) is 5.92 Å². The predicted octanol–water partition coefficient (Wildman–Crippen LogP) is 10.3. The van der Waals surface area contributed by atoms with Crippen molar-refractivity contribution in [2.24, 2.45) is 11.8 Å². The topological polar surface area (TPSA) is 49.3 Å². The quantitative estimate of drug-likeness (QED) is 0.101. The first-order valence-corrected chi connectivity index (χ1v) is 16.1. The van der Waals surface area contributed by atoms with Gasteiger partial charge in [-0.1, -0.05) is 149 Å². The van der Waals surface area contributed by atoms with Gasteiger partial charge in [0.25, 0.3) is 0 Å². The molecule has 1 atom stereocenters. The second-order valence-corrected chi connectivity index (χ2v) is 11.3. The molecule has 0 saturated carbocycles. The van der Waals surface area contributed by atoms with Crippen LogP contribution in [0.4, 0.5) is 0 Å². The molecule has 0 aliphatic rings. The van der Waals surface area contributed by atoms with Crippen molar-refractivity contribution < 1.29 is 9.90 Å². The van der Waals surface area contributed by atoms with Crippen molar-refractivity contribution in [2.75, 3.05) is 13.1 Å². The molecule has 0 spiro atoms. The number of hydrogen-bond donors (Lipinski definition) is 2. The van der Waals surface area contributed by atoms with E-state index in [9.17, 15) is 9.90 Å². The van der Waals surface area contributed by atoms with E-state index in [1.165, 1.54) is 141 Å². The molecule has 0 bridgehead atoms. The molecule has 0 aromatic heterocycles. The summed E-state index contributed by atoms with van der Waals surface area (Å²) in [6.07, 6.45) is 30.3. The molecule has 3 nitrogen and oxygen atoms in total. The van der Waals surface area contributed by atoms with Gasteiger partial charge in [0.15, 0.2) is 0 Å². The van der Waals surface area contributed by atoms with Gasteiger partial charge >= 0.3 is 5.97 Å². The highest BCUT2D eigenvalue weighted by Gasteiger charge is 2.22. The van der Waals surface area contributed by atoms with E-state index in [4.69, 9.17) is 0 Å². The van der Waals surface area contributed by atoms with Crippen LogP contribution in [0, 0.1) is 11.8 Å². The Morgan fingerprint density at radius 3 is 1.37 bits per heavy atom. The van der Waals surface area contributed by atoms with Gasteiger partial charge in [0.1, 0.15) is 0 Å². The minimum atomic E-state index is -0.548. The smallest absolute Gasteiger partial charge is 0.306 e. The molecule has 0 rings (SSSR count). The van der Waals surface area contributed by atoms with Gasteiger partial charge in [-0.05, 0) is 44.7 Å². The summed E-state index contributed by atoms with van der Waals surface area (Å²) in [5.74, 6) is -0.0502. The molecule has 35 heavy (non-hydrogen) atoms. The zero-order valence-electron chi connectivity index (χ0n) is 24.4. The third-order valence-electron chi connectivity index (χ3n) is 7.76. The number of hydrogen-bond acceptors (Lipinski definition) is 2. The minimum absolute atomic E-state index is 0.122. The molecule has 0 fully saturated rings. The van der Waals surface area contributed by atoms with Gasteiger partial charge < -0.3 is 10.4 Å². The van der Waals surface area contributed by atoms with E-state index >= 15 is 0 Å². The van der Waals surface area contributed by atoms with Gasteiger partial charge in [-0.3, -0.25) is 4.79 Å². The van der Waals surface area contributed by atoms with Crippen LogP contribution in [0.15, 0.2) is 0 Å². The highest BCUT2D eigenvalue weighted by atomic mass is 16.4. The molecule has 3 heteroatoms. The second-order valence-electron chi connectivity index (χ2n) is 11.3. The van der Waals surface area contributed by atoms with Crippen LogP contribution in [-0.2, 0) is 4.79 Å². The number of carbonyl (C=O) groups is 1. The Morgan fingerprint density at radius 1 is 0.543 bits per heavy atom. The van der Waals surface area contributed by atoms with E-state index in [1.807, 2.05) is 0 Å². The van der Waals surface area contributed by atoms with Crippen LogP contribution in [0.3, 0.4) is 0 Å². The van der Waals surface area contributed by atoms with Crippen molar-refractivity contribution in [3.05, 3.63) is 0 Å². The van der Waals surface area contributed by atoms with E-state index < -0.39 is 5.97 Å². The van der Waals surface area contributed by atoms with Gasteiger partial charge in [0, 0.05) is 0 Å². The second kappa shape index (κ2) is 28.0. The van der Waals surface area contributed by atoms with Gasteiger partial charge in [-0.25, -0.2) is 0 Å². The molecule has 0 radical (unpaired) electrons. The van der Waals surface area contributed by atoms with Crippen molar-refractivity contribution in [3.8, 4) is 0 Å². The first-order chi connectivity index (χ1) is 17.2. The Labute approximate surface area is 221 Å². The summed E-state index contributed by atoms with van der Waals surface area (Å²) in [4.78, 5) is 12.0. The number of carboxylic acids is 1. The molecular weight excluding hydrogens is 430 g/mol. The van der Waals surface area contributed by atoms with Crippen LogP contribution in [0.1, 0.15) is 175 Å². The van der Waals surface area contributed by atoms with Crippen molar-refractivity contribution >= 4 is 5.97 Å². The molecule has 0 aliphatic heterocycles. The van der Waals surface area contributed by atoms with Crippen molar-refractivity contribution in [3.63, 3.8) is 0 Å². The van der Waals surface area contributed by atoms with Gasteiger partial charge in [0.05, 0.1) is 5.92 Å². The van der Waals surface area contributed by atoms with Crippen LogP contribution >= 0.6 is 0 Å². The summed E-state index contributed by atoms with van der Waals surface area (Å²) in [7, 11) is 0. The first-order valence-electron chi connectivity index (χ1n) is 16.1. The average molecular weight is 496 g/mol. The van der Waals surface area contributed by atoms with Crippen molar-refractivity contribution in [2.45, 2.75) is 175 Å². The summed E-state index contributed by atoms with van der Waals surface area (Å²) in [5, 5.41) is 13.5. The fourth-order valence-electron chi connectivity index (χ4n) is 5.35. The van der Waals surface area contributed by atoms with E-state index in [1.54, 1.807) is 0 Å². The largest absolute Gasteiger partial charge is 0.481 e. The zero-order valence-corrected chi connectivity index (χ0v) is 24.4. The summed E-state index contributed by atoms with van der Waals surface area (Å²) in [6, 6.07) is 0. The molecular formula is C32H65NO2. The standard InChI is InChI=1S/C32H65NO2/c1-4-7-10-13-17-22-27-33-28-23-18-15-14-16-21-26-31(32(34)35)29-30(24-19-11-8-5-2)25-20-12-9-6-3/h30-31,33H,4-29H2,1-3H3,(H,34,35). The third kappa shape index (κ3) is 24.9. The summed E-state index contributed by atoms with van der Waals surface area (Å²) < 4.78 is 0. The maximum Gasteiger partial charge on any atom is 0.306 e. The lowest BCUT2D eigenvalue weighted by Crippen LogP contribution is -2.18. The maximum atomic E-state index is 12.0. The Bertz CT molecular complexity index is 414. The van der Waals surface area contributed by atoms with Crippen LogP contribution in [0.2, 0.25) is 0 Å². The Balaban J connectivity index is 3.90. The molecule has 0 saturated heterocycles. The fraction of sp³-hybridized carbons (Fsp3) is 0.969. The van der Waals surface area contributed by atoms with Crippen LogP contribution < -0.4 is 5.32 Å². The van der Waals surface area contributed by atoms with E-state index in [2.05, 4.69) is 26.1 Å². The van der Waals surface area contributed by atoms with Crippen LogP contribution in [0.5, 0.6) is 0 Å². The highest BCUT2D eigenvalue weighted by Crippen LogP contribution is 2.28. The Morgan fingerprint density at radius 2 is 0.914 bits per heavy atom. The number of aliphatic carboxylic acids is 1. The van der Waals surface area contributed by atoms with E-state index in [0.29, 0.717) is 5.92 Å². The number of unbranched alkanes of at least 4 members (excludes halogenated alkanes) is 16. The lowest BCUT2D eigenvalue weighted by atomic mass is 9.84. The Kier molecular flexibility index (Phi) is 27.6. The lowest BCUT2D eigenvalue weighted by Gasteiger charge is -2.21. The molecule has 0 heterocycles. The molecule has 0 aromatic rings. The van der Waals surface area contributed by atoms with Crippen LogP contribution in [0.25, 0.3) is 0 Å². The lowest BCUT2D eigenvalue weighted by molar-refractivity contribution is -0.142. The van der Waals surface area contributed by atoms with Crippen LogP contribution in [-0.4, -0.2) is 24.2 Å².